The SMILES string of the molecule is O=C(CNC1CCc2ncnn2C1)NC(c1ccccc1)C1CC1. The summed E-state index contributed by atoms with van der Waals surface area (Å²) in [6, 6.07) is 10.7. The molecule has 1 aliphatic heterocycles. The molecule has 6 heteroatoms. The van der Waals surface area contributed by atoms with Gasteiger partial charge < -0.3 is 10.6 Å². The molecule has 0 radical (unpaired) electrons. The number of benzene rings is 1. The van der Waals surface area contributed by atoms with Gasteiger partial charge in [0.05, 0.1) is 19.1 Å². The van der Waals surface area contributed by atoms with Crippen LogP contribution in [-0.4, -0.2) is 33.3 Å². The second kappa shape index (κ2) is 6.73. The van der Waals surface area contributed by atoms with Gasteiger partial charge in [0, 0.05) is 12.5 Å². The van der Waals surface area contributed by atoms with E-state index in [-0.39, 0.29) is 18.0 Å². The molecule has 1 aliphatic carbocycles. The lowest BCUT2D eigenvalue weighted by molar-refractivity contribution is -0.121. The van der Waals surface area contributed by atoms with Crippen molar-refractivity contribution < 1.29 is 4.79 Å². The van der Waals surface area contributed by atoms with Crippen molar-refractivity contribution >= 4 is 5.91 Å². The van der Waals surface area contributed by atoms with E-state index in [1.165, 1.54) is 18.4 Å². The number of aryl methyl sites for hydroxylation is 1. The summed E-state index contributed by atoms with van der Waals surface area (Å²) < 4.78 is 1.93. The zero-order chi connectivity index (χ0) is 16.4. The molecule has 0 spiro atoms. The predicted molar refractivity (Wildman–Crippen MR) is 90.2 cm³/mol. The Morgan fingerprint density at radius 1 is 1.25 bits per heavy atom. The van der Waals surface area contributed by atoms with Crippen LogP contribution in [0.2, 0.25) is 0 Å². The predicted octanol–water partition coefficient (Wildman–Crippen LogP) is 1.45. The summed E-state index contributed by atoms with van der Waals surface area (Å²) in [7, 11) is 0. The maximum Gasteiger partial charge on any atom is 0.234 e. The summed E-state index contributed by atoms with van der Waals surface area (Å²) in [4.78, 5) is 16.6. The van der Waals surface area contributed by atoms with Gasteiger partial charge in [-0.15, -0.1) is 0 Å². The van der Waals surface area contributed by atoms with E-state index < -0.39 is 0 Å². The molecule has 4 rings (SSSR count). The van der Waals surface area contributed by atoms with Gasteiger partial charge in [-0.3, -0.25) is 4.79 Å². The minimum absolute atomic E-state index is 0.0696. The highest BCUT2D eigenvalue weighted by atomic mass is 16.2. The molecule has 24 heavy (non-hydrogen) atoms. The van der Waals surface area contributed by atoms with Crippen LogP contribution in [0.5, 0.6) is 0 Å². The number of amides is 1. The number of hydrogen-bond acceptors (Lipinski definition) is 4. The van der Waals surface area contributed by atoms with Crippen LogP contribution >= 0.6 is 0 Å². The fourth-order valence-corrected chi connectivity index (χ4v) is 3.43. The molecule has 2 aliphatic rings. The molecule has 0 saturated heterocycles. The Balaban J connectivity index is 1.30. The number of carbonyl (C=O) groups excluding carboxylic acids is 1. The van der Waals surface area contributed by atoms with Crippen LogP contribution in [0, 0.1) is 5.92 Å². The number of fused-ring (bicyclic) bond motifs is 1. The minimum atomic E-state index is 0.0696. The lowest BCUT2D eigenvalue weighted by Gasteiger charge is -2.24. The highest BCUT2D eigenvalue weighted by Crippen LogP contribution is 2.40. The first-order chi connectivity index (χ1) is 11.8. The Hall–Kier alpha value is -2.21. The molecule has 1 fully saturated rings. The number of aromatic nitrogens is 3. The normalized spacial score (nSPS) is 21.1. The average molecular weight is 325 g/mol. The van der Waals surface area contributed by atoms with Crippen molar-refractivity contribution in [2.45, 2.75) is 44.3 Å². The van der Waals surface area contributed by atoms with Crippen molar-refractivity contribution in [3.63, 3.8) is 0 Å². The molecule has 1 aromatic heterocycles. The largest absolute Gasteiger partial charge is 0.348 e. The van der Waals surface area contributed by atoms with Gasteiger partial charge in [-0.1, -0.05) is 30.3 Å². The average Bonchev–Trinajstić information content (AvgIpc) is 3.35. The van der Waals surface area contributed by atoms with Crippen molar-refractivity contribution in [2.75, 3.05) is 6.54 Å². The van der Waals surface area contributed by atoms with E-state index in [1.807, 2.05) is 22.9 Å². The first-order valence-corrected chi connectivity index (χ1v) is 8.74. The Bertz CT molecular complexity index is 694. The highest BCUT2D eigenvalue weighted by molar-refractivity contribution is 5.78. The maximum absolute atomic E-state index is 12.4. The molecule has 6 nitrogen and oxygen atoms in total. The van der Waals surface area contributed by atoms with E-state index in [9.17, 15) is 4.79 Å². The third-order valence-corrected chi connectivity index (χ3v) is 4.93. The van der Waals surface area contributed by atoms with Crippen LogP contribution in [-0.2, 0) is 17.8 Å². The van der Waals surface area contributed by atoms with E-state index in [4.69, 9.17) is 0 Å². The Morgan fingerprint density at radius 2 is 2.08 bits per heavy atom. The first kappa shape index (κ1) is 15.3. The molecular formula is C18H23N5O. The fourth-order valence-electron chi connectivity index (χ4n) is 3.43. The van der Waals surface area contributed by atoms with Crippen LogP contribution in [0.25, 0.3) is 0 Å². The summed E-state index contributed by atoms with van der Waals surface area (Å²) in [5.41, 5.74) is 1.21. The topological polar surface area (TPSA) is 71.8 Å². The molecule has 2 atom stereocenters. The van der Waals surface area contributed by atoms with Crippen LogP contribution in [0.4, 0.5) is 0 Å². The monoisotopic (exact) mass is 325 g/mol. The number of nitrogens with zero attached hydrogens (tertiary/aromatic N) is 3. The summed E-state index contributed by atoms with van der Waals surface area (Å²) in [6.07, 6.45) is 5.91. The second-order valence-electron chi connectivity index (χ2n) is 6.77. The van der Waals surface area contributed by atoms with E-state index in [0.717, 1.165) is 25.2 Å². The smallest absolute Gasteiger partial charge is 0.234 e. The molecular weight excluding hydrogens is 302 g/mol. The summed E-state index contributed by atoms with van der Waals surface area (Å²) in [5.74, 6) is 1.69. The Morgan fingerprint density at radius 3 is 2.88 bits per heavy atom. The lowest BCUT2D eigenvalue weighted by Crippen LogP contribution is -2.44. The quantitative estimate of drug-likeness (QED) is 0.843. The first-order valence-electron chi connectivity index (χ1n) is 8.74. The van der Waals surface area contributed by atoms with E-state index in [1.54, 1.807) is 6.33 Å². The Labute approximate surface area is 141 Å². The van der Waals surface area contributed by atoms with Gasteiger partial charge in [0.1, 0.15) is 12.2 Å². The molecule has 1 saturated carbocycles. The molecule has 2 N–H and O–H groups in total. The second-order valence-corrected chi connectivity index (χ2v) is 6.77. The van der Waals surface area contributed by atoms with Crippen LogP contribution < -0.4 is 10.6 Å². The van der Waals surface area contributed by atoms with Gasteiger partial charge in [-0.2, -0.15) is 5.10 Å². The number of carbonyl (C=O) groups is 1. The van der Waals surface area contributed by atoms with Crippen LogP contribution in [0.15, 0.2) is 36.7 Å². The summed E-state index contributed by atoms with van der Waals surface area (Å²) >= 11 is 0. The van der Waals surface area contributed by atoms with Gasteiger partial charge in [-0.25, -0.2) is 9.67 Å². The Kier molecular flexibility index (Phi) is 4.30. The van der Waals surface area contributed by atoms with Crippen molar-refractivity contribution in [3.8, 4) is 0 Å². The minimum Gasteiger partial charge on any atom is -0.348 e. The molecule has 1 aromatic carbocycles. The zero-order valence-electron chi connectivity index (χ0n) is 13.7. The van der Waals surface area contributed by atoms with E-state index in [2.05, 4.69) is 32.8 Å². The van der Waals surface area contributed by atoms with Crippen LogP contribution in [0.3, 0.4) is 0 Å². The molecule has 0 bridgehead atoms. The molecule has 2 heterocycles. The standard InChI is InChI=1S/C18H23N5O/c24-17(10-19-15-8-9-16-20-12-21-23(16)11-15)22-18(14-6-7-14)13-4-2-1-3-5-13/h1-5,12,14-15,18-19H,6-11H2,(H,22,24). The lowest BCUT2D eigenvalue weighted by atomic mass is 10.0. The summed E-state index contributed by atoms with van der Waals surface area (Å²) in [5, 5.41) is 10.8. The summed E-state index contributed by atoms with van der Waals surface area (Å²) in [6.45, 7) is 1.14. The number of rotatable bonds is 6. The van der Waals surface area contributed by atoms with Gasteiger partial charge in [0.2, 0.25) is 5.91 Å². The van der Waals surface area contributed by atoms with Gasteiger partial charge in [0.25, 0.3) is 0 Å². The third-order valence-electron chi connectivity index (χ3n) is 4.93. The zero-order valence-corrected chi connectivity index (χ0v) is 13.7. The molecule has 2 unspecified atom stereocenters. The number of hydrogen-bond donors (Lipinski definition) is 2. The van der Waals surface area contributed by atoms with Crippen molar-refractivity contribution in [3.05, 3.63) is 48.0 Å². The van der Waals surface area contributed by atoms with Gasteiger partial charge in [-0.05, 0) is 30.7 Å². The van der Waals surface area contributed by atoms with Crippen molar-refractivity contribution in [1.82, 2.24) is 25.4 Å². The maximum atomic E-state index is 12.4. The van der Waals surface area contributed by atoms with Crippen LogP contribution in [0.1, 0.15) is 36.7 Å². The van der Waals surface area contributed by atoms with Gasteiger partial charge >= 0.3 is 0 Å². The third kappa shape index (κ3) is 3.48. The van der Waals surface area contributed by atoms with Gasteiger partial charge in [0.15, 0.2) is 0 Å². The molecule has 126 valence electrons. The number of nitrogens with one attached hydrogen (secondary N) is 2. The molecule has 1 amide bonds. The fraction of sp³-hybridized carbons (Fsp3) is 0.500. The van der Waals surface area contributed by atoms with Crippen molar-refractivity contribution in [2.24, 2.45) is 5.92 Å². The molecule has 2 aromatic rings. The van der Waals surface area contributed by atoms with E-state index >= 15 is 0 Å². The highest BCUT2D eigenvalue weighted by Gasteiger charge is 2.33. The van der Waals surface area contributed by atoms with Crippen molar-refractivity contribution in [1.29, 1.82) is 0 Å². The van der Waals surface area contributed by atoms with E-state index in [0.29, 0.717) is 12.5 Å².